The third-order valence-electron chi connectivity index (χ3n) is 3.85. The monoisotopic (exact) mass is 420 g/mol. The number of hydrogen-bond donors (Lipinski definition) is 2. The molecule has 140 valence electrons. The van der Waals surface area contributed by atoms with Gasteiger partial charge in [0.2, 0.25) is 15.9 Å². The van der Waals surface area contributed by atoms with Crippen LogP contribution in [-0.2, 0) is 21.4 Å². The topological polar surface area (TPSA) is 75.3 Å². The van der Waals surface area contributed by atoms with Gasteiger partial charge < -0.3 is 5.32 Å². The first-order chi connectivity index (χ1) is 13.0. The Bertz CT molecular complexity index is 1030. The number of benzene rings is 2. The Morgan fingerprint density at radius 1 is 1.07 bits per heavy atom. The van der Waals surface area contributed by atoms with Crippen LogP contribution in [0.5, 0.6) is 0 Å². The van der Waals surface area contributed by atoms with Crippen LogP contribution in [-0.4, -0.2) is 20.9 Å². The smallest absolute Gasteiger partial charge is 0.241 e. The van der Waals surface area contributed by atoms with Gasteiger partial charge in [0.05, 0.1) is 11.4 Å². The van der Waals surface area contributed by atoms with Gasteiger partial charge in [-0.3, -0.25) is 4.79 Å². The molecule has 0 unspecified atom stereocenters. The number of carbonyl (C=O) groups is 1. The van der Waals surface area contributed by atoms with Crippen LogP contribution >= 0.6 is 22.9 Å². The summed E-state index contributed by atoms with van der Waals surface area (Å²) in [6, 6.07) is 15.7. The quantitative estimate of drug-likeness (QED) is 0.612. The zero-order chi connectivity index (χ0) is 19.3. The molecule has 0 spiro atoms. The van der Waals surface area contributed by atoms with Crippen LogP contribution in [0.15, 0.2) is 70.3 Å². The number of sulfonamides is 1. The summed E-state index contributed by atoms with van der Waals surface area (Å²) < 4.78 is 26.7. The SMILES string of the molecule is O=C(CNS(=O)(=O)c1cccc(Cl)c1)NCc1ccccc1-c1ccsc1. The Morgan fingerprint density at radius 3 is 2.63 bits per heavy atom. The fourth-order valence-corrected chi connectivity index (χ4v) is 4.45. The third-order valence-corrected chi connectivity index (χ3v) is 6.17. The molecule has 1 aromatic heterocycles. The van der Waals surface area contributed by atoms with Crippen molar-refractivity contribution in [3.63, 3.8) is 0 Å². The molecule has 3 aromatic rings. The Balaban J connectivity index is 1.60. The zero-order valence-electron chi connectivity index (χ0n) is 14.2. The van der Waals surface area contributed by atoms with E-state index in [1.54, 1.807) is 23.5 Å². The van der Waals surface area contributed by atoms with Gasteiger partial charge in [-0.05, 0) is 51.7 Å². The maximum absolute atomic E-state index is 12.2. The minimum atomic E-state index is -3.80. The number of thiophene rings is 1. The molecule has 0 aliphatic rings. The maximum atomic E-state index is 12.2. The van der Waals surface area contributed by atoms with Crippen LogP contribution in [0.1, 0.15) is 5.56 Å². The van der Waals surface area contributed by atoms with E-state index >= 15 is 0 Å². The molecule has 0 saturated carbocycles. The van der Waals surface area contributed by atoms with E-state index in [1.807, 2.05) is 41.1 Å². The van der Waals surface area contributed by atoms with E-state index in [4.69, 9.17) is 11.6 Å². The second-order valence-corrected chi connectivity index (χ2v) is 8.71. The van der Waals surface area contributed by atoms with Crippen LogP contribution in [0.3, 0.4) is 0 Å². The van der Waals surface area contributed by atoms with Crippen molar-refractivity contribution in [3.05, 3.63) is 75.9 Å². The molecular formula is C19H17ClN2O3S2. The third kappa shape index (κ3) is 5.17. The molecular weight excluding hydrogens is 404 g/mol. The van der Waals surface area contributed by atoms with E-state index in [1.165, 1.54) is 12.1 Å². The first-order valence-corrected chi connectivity index (χ1v) is 10.9. The summed E-state index contributed by atoms with van der Waals surface area (Å²) in [5.41, 5.74) is 3.09. The van der Waals surface area contributed by atoms with Gasteiger partial charge in [0.15, 0.2) is 0 Å². The number of carbonyl (C=O) groups excluding carboxylic acids is 1. The number of amides is 1. The van der Waals surface area contributed by atoms with Gasteiger partial charge >= 0.3 is 0 Å². The van der Waals surface area contributed by atoms with Crippen molar-refractivity contribution >= 4 is 38.9 Å². The molecule has 0 atom stereocenters. The summed E-state index contributed by atoms with van der Waals surface area (Å²) >= 11 is 7.42. The van der Waals surface area contributed by atoms with Gasteiger partial charge in [0.25, 0.3) is 0 Å². The predicted octanol–water partition coefficient (Wildman–Crippen LogP) is 3.66. The fraction of sp³-hybridized carbons (Fsp3) is 0.105. The maximum Gasteiger partial charge on any atom is 0.241 e. The fourth-order valence-electron chi connectivity index (χ4n) is 2.51. The van der Waals surface area contributed by atoms with Crippen molar-refractivity contribution in [1.82, 2.24) is 10.0 Å². The van der Waals surface area contributed by atoms with Crippen LogP contribution < -0.4 is 10.0 Å². The largest absolute Gasteiger partial charge is 0.351 e. The molecule has 27 heavy (non-hydrogen) atoms. The van der Waals surface area contributed by atoms with Crippen LogP contribution in [0.25, 0.3) is 11.1 Å². The highest BCUT2D eigenvalue weighted by Crippen LogP contribution is 2.25. The first kappa shape index (κ1) is 19.6. The second-order valence-electron chi connectivity index (χ2n) is 5.73. The molecule has 0 bridgehead atoms. The molecule has 0 fully saturated rings. The van der Waals surface area contributed by atoms with Gasteiger partial charge in [0, 0.05) is 11.6 Å². The van der Waals surface area contributed by atoms with Crippen LogP contribution in [0, 0.1) is 0 Å². The van der Waals surface area contributed by atoms with Crippen LogP contribution in [0.2, 0.25) is 5.02 Å². The summed E-state index contributed by atoms with van der Waals surface area (Å²) in [5, 5.41) is 7.10. The lowest BCUT2D eigenvalue weighted by molar-refractivity contribution is -0.120. The Morgan fingerprint density at radius 2 is 1.89 bits per heavy atom. The van der Waals surface area contributed by atoms with Gasteiger partial charge in [-0.25, -0.2) is 13.1 Å². The average molecular weight is 421 g/mol. The Kier molecular flexibility index (Phi) is 6.28. The predicted molar refractivity (Wildman–Crippen MR) is 108 cm³/mol. The summed E-state index contributed by atoms with van der Waals surface area (Å²) in [4.78, 5) is 12.1. The van der Waals surface area contributed by atoms with Crippen LogP contribution in [0.4, 0.5) is 0 Å². The van der Waals surface area contributed by atoms with Crippen molar-refractivity contribution in [2.24, 2.45) is 0 Å². The molecule has 0 saturated heterocycles. The average Bonchev–Trinajstić information content (AvgIpc) is 3.19. The molecule has 5 nitrogen and oxygen atoms in total. The number of rotatable bonds is 7. The highest BCUT2D eigenvalue weighted by molar-refractivity contribution is 7.89. The van der Waals surface area contributed by atoms with Gasteiger partial charge in [-0.1, -0.05) is 41.9 Å². The second kappa shape index (κ2) is 8.67. The molecule has 0 radical (unpaired) electrons. The Hall–Kier alpha value is -2.19. The van der Waals surface area contributed by atoms with Crippen molar-refractivity contribution in [1.29, 1.82) is 0 Å². The molecule has 8 heteroatoms. The van der Waals surface area contributed by atoms with Crippen molar-refractivity contribution in [2.75, 3.05) is 6.54 Å². The molecule has 2 aromatic carbocycles. The molecule has 2 N–H and O–H groups in total. The summed E-state index contributed by atoms with van der Waals surface area (Å²) in [6.45, 7) is -0.0424. The summed E-state index contributed by atoms with van der Waals surface area (Å²) in [5.74, 6) is -0.416. The van der Waals surface area contributed by atoms with Gasteiger partial charge in [-0.2, -0.15) is 11.3 Å². The molecule has 0 aliphatic heterocycles. The molecule has 1 heterocycles. The highest BCUT2D eigenvalue weighted by atomic mass is 35.5. The number of hydrogen-bond acceptors (Lipinski definition) is 4. The first-order valence-electron chi connectivity index (χ1n) is 8.08. The van der Waals surface area contributed by atoms with Crippen molar-refractivity contribution in [2.45, 2.75) is 11.4 Å². The minimum Gasteiger partial charge on any atom is -0.351 e. The zero-order valence-corrected chi connectivity index (χ0v) is 16.6. The molecule has 0 aliphatic carbocycles. The van der Waals surface area contributed by atoms with Gasteiger partial charge in [-0.15, -0.1) is 0 Å². The number of halogens is 1. The highest BCUT2D eigenvalue weighted by Gasteiger charge is 2.16. The van der Waals surface area contributed by atoms with E-state index in [0.29, 0.717) is 11.6 Å². The Labute approximate surface area is 167 Å². The van der Waals surface area contributed by atoms with E-state index in [9.17, 15) is 13.2 Å². The normalized spacial score (nSPS) is 11.3. The molecule has 3 rings (SSSR count). The lowest BCUT2D eigenvalue weighted by Gasteiger charge is -2.11. The standard InChI is InChI=1S/C19H17ClN2O3S2/c20-16-5-3-6-17(10-16)27(24,25)22-12-19(23)21-11-14-4-1-2-7-18(14)15-8-9-26-13-15/h1-10,13,22H,11-12H2,(H,21,23). The molecule has 1 amide bonds. The summed E-state index contributed by atoms with van der Waals surface area (Å²) in [7, 11) is -3.80. The number of nitrogens with one attached hydrogen (secondary N) is 2. The lowest BCUT2D eigenvalue weighted by atomic mass is 10.0. The van der Waals surface area contributed by atoms with E-state index < -0.39 is 15.9 Å². The lowest BCUT2D eigenvalue weighted by Crippen LogP contribution is -2.36. The van der Waals surface area contributed by atoms with E-state index in [-0.39, 0.29) is 11.4 Å². The van der Waals surface area contributed by atoms with Gasteiger partial charge in [0.1, 0.15) is 0 Å². The minimum absolute atomic E-state index is 0.0191. The van der Waals surface area contributed by atoms with E-state index in [2.05, 4.69) is 10.0 Å². The van der Waals surface area contributed by atoms with E-state index in [0.717, 1.165) is 16.7 Å². The van der Waals surface area contributed by atoms with Crippen molar-refractivity contribution < 1.29 is 13.2 Å². The van der Waals surface area contributed by atoms with Crippen molar-refractivity contribution in [3.8, 4) is 11.1 Å². The summed E-state index contributed by atoms with van der Waals surface area (Å²) in [6.07, 6.45) is 0.